The molecule has 1 saturated heterocycles. The predicted molar refractivity (Wildman–Crippen MR) is 92.0 cm³/mol. The summed E-state index contributed by atoms with van der Waals surface area (Å²) in [4.78, 5) is 2.35. The fraction of sp³-hybridized carbons (Fsp3) is 0.333. The standard InChI is InChI=1S/C18H18ClN3O2/c1-12-20-21-18(24-12)17-11-22(8-9-23-17)10-13-6-7-16(19)15-5-3-2-4-14(13)15/h2-7,17H,8-11H2,1H3. The minimum Gasteiger partial charge on any atom is -0.423 e. The van der Waals surface area contributed by atoms with Crippen molar-refractivity contribution < 1.29 is 9.15 Å². The molecule has 5 nitrogen and oxygen atoms in total. The summed E-state index contributed by atoms with van der Waals surface area (Å²) in [6.45, 7) is 4.89. The summed E-state index contributed by atoms with van der Waals surface area (Å²) >= 11 is 6.32. The molecule has 0 radical (unpaired) electrons. The van der Waals surface area contributed by atoms with Crippen molar-refractivity contribution >= 4 is 22.4 Å². The van der Waals surface area contributed by atoms with E-state index in [2.05, 4.69) is 33.3 Å². The van der Waals surface area contributed by atoms with Gasteiger partial charge in [0, 0.05) is 37.0 Å². The number of rotatable bonds is 3. The van der Waals surface area contributed by atoms with E-state index in [4.69, 9.17) is 20.8 Å². The highest BCUT2D eigenvalue weighted by Crippen LogP contribution is 2.28. The average molecular weight is 344 g/mol. The maximum absolute atomic E-state index is 6.32. The number of nitrogens with zero attached hydrogens (tertiary/aromatic N) is 3. The van der Waals surface area contributed by atoms with Crippen molar-refractivity contribution in [2.24, 2.45) is 0 Å². The van der Waals surface area contributed by atoms with Crippen molar-refractivity contribution in [1.82, 2.24) is 15.1 Å². The van der Waals surface area contributed by atoms with Gasteiger partial charge in [0.2, 0.25) is 11.8 Å². The topological polar surface area (TPSA) is 51.4 Å². The maximum Gasteiger partial charge on any atom is 0.246 e. The van der Waals surface area contributed by atoms with Crippen LogP contribution in [-0.4, -0.2) is 34.8 Å². The van der Waals surface area contributed by atoms with Gasteiger partial charge in [-0.05, 0) is 17.0 Å². The van der Waals surface area contributed by atoms with Crippen LogP contribution in [0.3, 0.4) is 0 Å². The zero-order valence-corrected chi connectivity index (χ0v) is 14.2. The van der Waals surface area contributed by atoms with Crippen molar-refractivity contribution in [2.75, 3.05) is 19.7 Å². The van der Waals surface area contributed by atoms with Crippen LogP contribution in [0.2, 0.25) is 5.02 Å². The van der Waals surface area contributed by atoms with Gasteiger partial charge in [-0.2, -0.15) is 0 Å². The van der Waals surface area contributed by atoms with Crippen molar-refractivity contribution in [2.45, 2.75) is 19.6 Å². The molecule has 0 aliphatic carbocycles. The van der Waals surface area contributed by atoms with E-state index < -0.39 is 0 Å². The number of fused-ring (bicyclic) bond motifs is 1. The largest absolute Gasteiger partial charge is 0.423 e. The molecule has 3 aromatic rings. The number of aryl methyl sites for hydroxylation is 1. The molecule has 4 rings (SSSR count). The lowest BCUT2D eigenvalue weighted by molar-refractivity contribution is -0.0456. The predicted octanol–water partition coefficient (Wildman–Crippen LogP) is 3.76. The first-order valence-corrected chi connectivity index (χ1v) is 8.38. The zero-order chi connectivity index (χ0) is 16.5. The minimum absolute atomic E-state index is 0.168. The Kier molecular flexibility index (Phi) is 4.22. The van der Waals surface area contributed by atoms with Gasteiger partial charge < -0.3 is 9.15 Å². The molecule has 2 aromatic carbocycles. The Balaban J connectivity index is 1.56. The van der Waals surface area contributed by atoms with Crippen molar-refractivity contribution in [3.05, 3.63) is 58.8 Å². The number of morpholine rings is 1. The molecule has 1 aromatic heterocycles. The Hall–Kier alpha value is -1.95. The summed E-state index contributed by atoms with van der Waals surface area (Å²) in [7, 11) is 0. The van der Waals surface area contributed by atoms with Crippen LogP contribution in [0.5, 0.6) is 0 Å². The average Bonchev–Trinajstić information content (AvgIpc) is 3.05. The van der Waals surface area contributed by atoms with E-state index in [1.807, 2.05) is 18.2 Å². The molecule has 1 fully saturated rings. The Labute approximate surface area is 145 Å². The van der Waals surface area contributed by atoms with E-state index in [0.29, 0.717) is 18.4 Å². The van der Waals surface area contributed by atoms with E-state index in [1.54, 1.807) is 6.92 Å². The Morgan fingerprint density at radius 1 is 1.17 bits per heavy atom. The van der Waals surface area contributed by atoms with Gasteiger partial charge in [-0.3, -0.25) is 4.90 Å². The highest BCUT2D eigenvalue weighted by atomic mass is 35.5. The summed E-state index contributed by atoms with van der Waals surface area (Å²) in [5.74, 6) is 1.12. The van der Waals surface area contributed by atoms with Gasteiger partial charge in [-0.15, -0.1) is 10.2 Å². The van der Waals surface area contributed by atoms with E-state index in [0.717, 1.165) is 30.0 Å². The van der Waals surface area contributed by atoms with Crippen LogP contribution in [0.15, 0.2) is 40.8 Å². The first kappa shape index (κ1) is 15.6. The molecule has 1 unspecified atom stereocenters. The first-order valence-electron chi connectivity index (χ1n) is 8.01. The fourth-order valence-electron chi connectivity index (χ4n) is 3.14. The van der Waals surface area contributed by atoms with Crippen LogP contribution in [0.25, 0.3) is 10.8 Å². The molecule has 24 heavy (non-hydrogen) atoms. The lowest BCUT2D eigenvalue weighted by atomic mass is 10.0. The van der Waals surface area contributed by atoms with Gasteiger partial charge in [0.25, 0.3) is 0 Å². The van der Waals surface area contributed by atoms with Gasteiger partial charge in [-0.1, -0.05) is 41.9 Å². The van der Waals surface area contributed by atoms with Crippen molar-refractivity contribution in [3.63, 3.8) is 0 Å². The number of hydrogen-bond acceptors (Lipinski definition) is 5. The number of benzene rings is 2. The third-order valence-electron chi connectivity index (χ3n) is 4.32. The smallest absolute Gasteiger partial charge is 0.246 e. The van der Waals surface area contributed by atoms with Gasteiger partial charge in [0.1, 0.15) is 6.10 Å². The first-order chi connectivity index (χ1) is 11.7. The van der Waals surface area contributed by atoms with E-state index in [-0.39, 0.29) is 6.10 Å². The summed E-state index contributed by atoms with van der Waals surface area (Å²) in [6.07, 6.45) is -0.168. The summed E-state index contributed by atoms with van der Waals surface area (Å²) in [6, 6.07) is 12.3. The lowest BCUT2D eigenvalue weighted by Gasteiger charge is -2.31. The van der Waals surface area contributed by atoms with Crippen LogP contribution >= 0.6 is 11.6 Å². The SMILES string of the molecule is Cc1nnc(C2CN(Cc3ccc(Cl)c4ccccc34)CCO2)o1. The molecule has 0 N–H and O–H groups in total. The van der Waals surface area contributed by atoms with Crippen molar-refractivity contribution in [3.8, 4) is 0 Å². The summed E-state index contributed by atoms with van der Waals surface area (Å²) in [5.41, 5.74) is 1.26. The maximum atomic E-state index is 6.32. The Bertz CT molecular complexity index is 864. The minimum atomic E-state index is -0.168. The molecule has 0 bridgehead atoms. The van der Waals surface area contributed by atoms with Crippen LogP contribution < -0.4 is 0 Å². The van der Waals surface area contributed by atoms with Gasteiger partial charge in [-0.25, -0.2) is 0 Å². The normalized spacial score (nSPS) is 19.0. The molecule has 0 saturated carbocycles. The molecule has 6 heteroatoms. The number of hydrogen-bond donors (Lipinski definition) is 0. The molecule has 124 valence electrons. The van der Waals surface area contributed by atoms with Gasteiger partial charge >= 0.3 is 0 Å². The molecule has 0 amide bonds. The van der Waals surface area contributed by atoms with Crippen LogP contribution in [0.1, 0.15) is 23.4 Å². The second-order valence-electron chi connectivity index (χ2n) is 6.01. The monoisotopic (exact) mass is 343 g/mol. The fourth-order valence-corrected chi connectivity index (χ4v) is 3.37. The van der Waals surface area contributed by atoms with Crippen molar-refractivity contribution in [1.29, 1.82) is 0 Å². The highest BCUT2D eigenvalue weighted by molar-refractivity contribution is 6.35. The molecule has 0 spiro atoms. The Morgan fingerprint density at radius 3 is 2.79 bits per heavy atom. The molecular formula is C18H18ClN3O2. The second kappa shape index (κ2) is 6.51. The number of ether oxygens (including phenoxy) is 1. The molecular weight excluding hydrogens is 326 g/mol. The van der Waals surface area contributed by atoms with Gasteiger partial charge in [0.05, 0.1) is 6.61 Å². The quantitative estimate of drug-likeness (QED) is 0.724. The molecule has 2 heterocycles. The zero-order valence-electron chi connectivity index (χ0n) is 13.4. The van der Waals surface area contributed by atoms with Gasteiger partial charge in [0.15, 0.2) is 0 Å². The van der Waals surface area contributed by atoms with Crippen LogP contribution in [-0.2, 0) is 11.3 Å². The number of halogens is 1. The van der Waals surface area contributed by atoms with E-state index in [9.17, 15) is 0 Å². The van der Waals surface area contributed by atoms with E-state index >= 15 is 0 Å². The third-order valence-corrected chi connectivity index (χ3v) is 4.65. The van der Waals surface area contributed by atoms with E-state index in [1.165, 1.54) is 10.9 Å². The highest BCUT2D eigenvalue weighted by Gasteiger charge is 2.26. The molecule has 1 atom stereocenters. The van der Waals surface area contributed by atoms with Crippen LogP contribution in [0.4, 0.5) is 0 Å². The summed E-state index contributed by atoms with van der Waals surface area (Å²) < 4.78 is 11.3. The second-order valence-corrected chi connectivity index (χ2v) is 6.41. The Morgan fingerprint density at radius 2 is 2.00 bits per heavy atom. The lowest BCUT2D eigenvalue weighted by Crippen LogP contribution is -2.38. The molecule has 1 aliphatic rings. The van der Waals surface area contributed by atoms with Crippen LogP contribution in [0, 0.1) is 6.92 Å². The molecule has 1 aliphatic heterocycles. The number of aromatic nitrogens is 2. The summed E-state index contributed by atoms with van der Waals surface area (Å²) in [5, 5.41) is 11.1. The third kappa shape index (κ3) is 3.02.